The zero-order valence-corrected chi connectivity index (χ0v) is 11.8. The van der Waals surface area contributed by atoms with Crippen LogP contribution in [0.15, 0.2) is 0 Å². The fourth-order valence-electron chi connectivity index (χ4n) is 2.38. The Hall–Kier alpha value is -0.610. The Morgan fingerprint density at radius 3 is 2.56 bits per heavy atom. The van der Waals surface area contributed by atoms with E-state index in [9.17, 15) is 4.79 Å². The van der Waals surface area contributed by atoms with Gasteiger partial charge in [-0.2, -0.15) is 0 Å². The number of carbonyl (C=O) groups is 1. The minimum absolute atomic E-state index is 0.0570. The first kappa shape index (κ1) is 15.4. The number of esters is 1. The predicted octanol–water partition coefficient (Wildman–Crippen LogP) is 2.22. The molecule has 0 aromatic heterocycles. The average molecular weight is 257 g/mol. The molecule has 0 spiro atoms. The zero-order chi connectivity index (χ0) is 13.2. The summed E-state index contributed by atoms with van der Waals surface area (Å²) in [5, 5.41) is 0. The molecule has 0 amide bonds. The molecule has 0 atom stereocenters. The molecule has 0 unspecified atom stereocenters. The largest absolute Gasteiger partial charge is 0.466 e. The second-order valence-corrected chi connectivity index (χ2v) is 4.89. The molecule has 1 saturated heterocycles. The third-order valence-electron chi connectivity index (χ3n) is 3.53. The Labute approximate surface area is 111 Å². The van der Waals surface area contributed by atoms with Crippen LogP contribution >= 0.6 is 0 Å². The van der Waals surface area contributed by atoms with Crippen molar-refractivity contribution in [2.75, 3.05) is 33.4 Å². The van der Waals surface area contributed by atoms with Crippen LogP contribution in [0, 0.1) is 0 Å². The van der Waals surface area contributed by atoms with Crippen molar-refractivity contribution in [1.29, 1.82) is 0 Å². The smallest absolute Gasteiger partial charge is 0.305 e. The van der Waals surface area contributed by atoms with E-state index in [2.05, 4.69) is 4.90 Å². The second kappa shape index (κ2) is 9.34. The van der Waals surface area contributed by atoms with Crippen molar-refractivity contribution >= 4 is 5.97 Å². The standard InChI is InChI=1S/C14H27NO3/c1-3-18-14(16)7-5-4-6-10-15-11-8-13(17-2)9-12-15/h13H,3-12H2,1-2H3. The molecular weight excluding hydrogens is 230 g/mol. The number of hydrogen-bond acceptors (Lipinski definition) is 4. The number of hydrogen-bond donors (Lipinski definition) is 0. The van der Waals surface area contributed by atoms with E-state index in [4.69, 9.17) is 9.47 Å². The lowest BCUT2D eigenvalue weighted by Gasteiger charge is -2.31. The Morgan fingerprint density at radius 2 is 1.94 bits per heavy atom. The summed E-state index contributed by atoms with van der Waals surface area (Å²) < 4.78 is 10.3. The minimum atomic E-state index is -0.0570. The van der Waals surface area contributed by atoms with Crippen molar-refractivity contribution in [3.63, 3.8) is 0 Å². The van der Waals surface area contributed by atoms with E-state index < -0.39 is 0 Å². The number of nitrogens with zero attached hydrogens (tertiary/aromatic N) is 1. The van der Waals surface area contributed by atoms with Crippen LogP contribution in [0.3, 0.4) is 0 Å². The highest BCUT2D eigenvalue weighted by Gasteiger charge is 2.17. The maximum absolute atomic E-state index is 11.1. The molecule has 0 aliphatic carbocycles. The second-order valence-electron chi connectivity index (χ2n) is 4.89. The summed E-state index contributed by atoms with van der Waals surface area (Å²) in [5.41, 5.74) is 0. The number of piperidine rings is 1. The van der Waals surface area contributed by atoms with E-state index in [-0.39, 0.29) is 5.97 Å². The topological polar surface area (TPSA) is 38.8 Å². The van der Waals surface area contributed by atoms with Crippen LogP contribution in [-0.2, 0) is 14.3 Å². The number of carbonyl (C=O) groups excluding carboxylic acids is 1. The first-order chi connectivity index (χ1) is 8.76. The molecule has 1 aliphatic rings. The summed E-state index contributed by atoms with van der Waals surface area (Å²) in [6.45, 7) is 5.79. The molecule has 0 aromatic carbocycles. The van der Waals surface area contributed by atoms with Gasteiger partial charge in [0.25, 0.3) is 0 Å². The number of methoxy groups -OCH3 is 1. The molecule has 0 N–H and O–H groups in total. The van der Waals surface area contributed by atoms with E-state index in [0.29, 0.717) is 19.1 Å². The predicted molar refractivity (Wildman–Crippen MR) is 71.6 cm³/mol. The van der Waals surface area contributed by atoms with Crippen molar-refractivity contribution in [2.45, 2.75) is 51.6 Å². The molecule has 4 heteroatoms. The lowest BCUT2D eigenvalue weighted by Crippen LogP contribution is -2.37. The Balaban J connectivity index is 1.94. The number of rotatable bonds is 8. The average Bonchev–Trinajstić information content (AvgIpc) is 2.39. The van der Waals surface area contributed by atoms with Crippen LogP contribution in [0.2, 0.25) is 0 Å². The van der Waals surface area contributed by atoms with E-state index in [0.717, 1.165) is 45.3 Å². The summed E-state index contributed by atoms with van der Waals surface area (Å²) >= 11 is 0. The molecule has 18 heavy (non-hydrogen) atoms. The molecule has 0 saturated carbocycles. The highest BCUT2D eigenvalue weighted by Crippen LogP contribution is 2.13. The van der Waals surface area contributed by atoms with Gasteiger partial charge in [-0.3, -0.25) is 4.79 Å². The van der Waals surface area contributed by atoms with Gasteiger partial charge in [-0.05, 0) is 39.2 Å². The molecule has 0 bridgehead atoms. The highest BCUT2D eigenvalue weighted by molar-refractivity contribution is 5.69. The van der Waals surface area contributed by atoms with E-state index in [1.54, 1.807) is 7.11 Å². The van der Waals surface area contributed by atoms with Crippen LogP contribution in [0.5, 0.6) is 0 Å². The third-order valence-corrected chi connectivity index (χ3v) is 3.53. The number of unbranched alkanes of at least 4 members (excludes halogenated alkanes) is 2. The SMILES string of the molecule is CCOC(=O)CCCCCN1CCC(OC)CC1. The summed E-state index contributed by atoms with van der Waals surface area (Å²) in [6.07, 6.45) is 6.58. The summed E-state index contributed by atoms with van der Waals surface area (Å²) in [4.78, 5) is 13.6. The van der Waals surface area contributed by atoms with E-state index in [1.807, 2.05) is 6.92 Å². The van der Waals surface area contributed by atoms with E-state index in [1.165, 1.54) is 6.42 Å². The van der Waals surface area contributed by atoms with Crippen molar-refractivity contribution in [1.82, 2.24) is 4.90 Å². The van der Waals surface area contributed by atoms with Crippen molar-refractivity contribution in [3.05, 3.63) is 0 Å². The van der Waals surface area contributed by atoms with Crippen molar-refractivity contribution < 1.29 is 14.3 Å². The van der Waals surface area contributed by atoms with Gasteiger partial charge in [0.2, 0.25) is 0 Å². The van der Waals surface area contributed by atoms with Gasteiger partial charge >= 0.3 is 5.97 Å². The Kier molecular flexibility index (Phi) is 8.01. The van der Waals surface area contributed by atoms with Gasteiger partial charge in [-0.15, -0.1) is 0 Å². The number of likely N-dealkylation sites (tertiary alicyclic amines) is 1. The highest BCUT2D eigenvalue weighted by atomic mass is 16.5. The van der Waals surface area contributed by atoms with Crippen molar-refractivity contribution in [3.8, 4) is 0 Å². The maximum Gasteiger partial charge on any atom is 0.305 e. The van der Waals surface area contributed by atoms with Gasteiger partial charge in [0, 0.05) is 26.6 Å². The van der Waals surface area contributed by atoms with Gasteiger partial charge in [0.1, 0.15) is 0 Å². The normalized spacial score (nSPS) is 17.9. The first-order valence-electron chi connectivity index (χ1n) is 7.17. The molecule has 0 radical (unpaired) electrons. The quantitative estimate of drug-likeness (QED) is 0.494. The summed E-state index contributed by atoms with van der Waals surface area (Å²) in [7, 11) is 1.80. The molecule has 1 heterocycles. The summed E-state index contributed by atoms with van der Waals surface area (Å²) in [6, 6.07) is 0. The molecule has 1 aliphatic heterocycles. The first-order valence-corrected chi connectivity index (χ1v) is 7.17. The third kappa shape index (κ3) is 6.36. The summed E-state index contributed by atoms with van der Waals surface area (Å²) in [5.74, 6) is -0.0570. The molecule has 1 fully saturated rings. The Morgan fingerprint density at radius 1 is 1.22 bits per heavy atom. The van der Waals surface area contributed by atoms with Crippen LogP contribution in [0.25, 0.3) is 0 Å². The lowest BCUT2D eigenvalue weighted by molar-refractivity contribution is -0.143. The van der Waals surface area contributed by atoms with Crippen LogP contribution in [0.4, 0.5) is 0 Å². The molecule has 4 nitrogen and oxygen atoms in total. The van der Waals surface area contributed by atoms with Gasteiger partial charge in [-0.1, -0.05) is 6.42 Å². The lowest BCUT2D eigenvalue weighted by atomic mass is 10.1. The molecule has 106 valence electrons. The van der Waals surface area contributed by atoms with Gasteiger partial charge in [0.05, 0.1) is 12.7 Å². The zero-order valence-electron chi connectivity index (χ0n) is 11.8. The van der Waals surface area contributed by atoms with E-state index >= 15 is 0 Å². The molecule has 0 aromatic rings. The fourth-order valence-corrected chi connectivity index (χ4v) is 2.38. The maximum atomic E-state index is 11.1. The number of ether oxygens (including phenoxy) is 2. The monoisotopic (exact) mass is 257 g/mol. The van der Waals surface area contributed by atoms with Crippen LogP contribution < -0.4 is 0 Å². The fraction of sp³-hybridized carbons (Fsp3) is 0.929. The van der Waals surface area contributed by atoms with Crippen molar-refractivity contribution in [2.24, 2.45) is 0 Å². The minimum Gasteiger partial charge on any atom is -0.466 e. The van der Waals surface area contributed by atoms with Crippen LogP contribution in [0.1, 0.15) is 45.4 Å². The van der Waals surface area contributed by atoms with Gasteiger partial charge < -0.3 is 14.4 Å². The van der Waals surface area contributed by atoms with Gasteiger partial charge in [-0.25, -0.2) is 0 Å². The van der Waals surface area contributed by atoms with Gasteiger partial charge in [0.15, 0.2) is 0 Å². The molecule has 1 rings (SSSR count). The Bertz CT molecular complexity index is 225. The van der Waals surface area contributed by atoms with Crippen LogP contribution in [-0.4, -0.2) is 50.3 Å². The molecular formula is C14H27NO3.